The molecule has 0 fully saturated rings. The molecule has 1 aromatic heterocycles. The van der Waals surface area contributed by atoms with Gasteiger partial charge >= 0.3 is 0 Å². The van der Waals surface area contributed by atoms with Gasteiger partial charge in [0.15, 0.2) is 0 Å². The van der Waals surface area contributed by atoms with E-state index in [-0.39, 0.29) is 11.7 Å². The van der Waals surface area contributed by atoms with Crippen LogP contribution in [0.25, 0.3) is 0 Å². The molecule has 0 saturated heterocycles. The molecule has 2 aromatic rings. The summed E-state index contributed by atoms with van der Waals surface area (Å²) in [6.45, 7) is 0.241. The van der Waals surface area contributed by atoms with Crippen molar-refractivity contribution >= 4 is 22.4 Å². The Hall–Kier alpha value is -1.24. The van der Waals surface area contributed by atoms with E-state index in [2.05, 4.69) is 10.1 Å². The van der Waals surface area contributed by atoms with Crippen molar-refractivity contribution in [2.45, 2.75) is 17.8 Å². The molecule has 0 aliphatic carbocycles. The zero-order valence-electron chi connectivity index (χ0n) is 9.65. The van der Waals surface area contributed by atoms with Crippen molar-refractivity contribution in [3.8, 4) is 0 Å². The highest BCUT2D eigenvalue weighted by Crippen LogP contribution is 2.18. The Kier molecular flexibility index (Phi) is 4.11. The summed E-state index contributed by atoms with van der Waals surface area (Å²) in [4.78, 5) is 3.89. The minimum absolute atomic E-state index is 0.241. The van der Waals surface area contributed by atoms with Crippen molar-refractivity contribution in [2.24, 2.45) is 0 Å². The van der Waals surface area contributed by atoms with E-state index in [1.54, 1.807) is 24.3 Å². The first kappa shape index (κ1) is 13.2. The van der Waals surface area contributed by atoms with Crippen molar-refractivity contribution in [1.29, 1.82) is 0 Å². The molecule has 2 rings (SSSR count). The monoisotopic (exact) mass is 285 g/mol. The molecule has 7 heteroatoms. The number of halogens is 1. The molecule has 1 aromatic carbocycles. The lowest BCUT2D eigenvalue weighted by Crippen LogP contribution is -2.09. The number of nitrogens with zero attached hydrogens (tertiary/aromatic N) is 3. The third-order valence-corrected chi connectivity index (χ3v) is 3.30. The van der Waals surface area contributed by atoms with Crippen LogP contribution in [0, 0.1) is 0 Å². The first-order valence-corrected chi connectivity index (χ1v) is 7.16. The van der Waals surface area contributed by atoms with Crippen LogP contribution < -0.4 is 0 Å². The predicted molar refractivity (Wildman–Crippen MR) is 68.8 cm³/mol. The minimum Gasteiger partial charge on any atom is -0.386 e. The summed E-state index contributed by atoms with van der Waals surface area (Å²) in [7, 11) is -1.22. The van der Waals surface area contributed by atoms with Crippen molar-refractivity contribution in [3.05, 3.63) is 41.2 Å². The molecule has 18 heavy (non-hydrogen) atoms. The quantitative estimate of drug-likeness (QED) is 0.922. The third kappa shape index (κ3) is 3.16. The van der Waals surface area contributed by atoms with Crippen LogP contribution in [0.1, 0.15) is 11.7 Å². The van der Waals surface area contributed by atoms with Crippen LogP contribution in [0.2, 0.25) is 5.02 Å². The molecule has 2 atom stereocenters. The lowest BCUT2D eigenvalue weighted by molar-refractivity contribution is 0.151. The topological polar surface area (TPSA) is 68.0 Å². The van der Waals surface area contributed by atoms with Crippen molar-refractivity contribution in [2.75, 3.05) is 6.26 Å². The summed E-state index contributed by atoms with van der Waals surface area (Å²) in [5.41, 5.74) is 0.706. The van der Waals surface area contributed by atoms with Gasteiger partial charge in [0.2, 0.25) is 5.16 Å². The van der Waals surface area contributed by atoms with Gasteiger partial charge in [-0.3, -0.25) is 4.21 Å². The summed E-state index contributed by atoms with van der Waals surface area (Å²) >= 11 is 5.85. The Morgan fingerprint density at radius 2 is 2.33 bits per heavy atom. The summed E-state index contributed by atoms with van der Waals surface area (Å²) in [5.74, 6) is 0. The van der Waals surface area contributed by atoms with E-state index in [1.165, 1.54) is 17.3 Å². The molecule has 0 unspecified atom stereocenters. The molecule has 0 spiro atoms. The second-order valence-corrected chi connectivity index (χ2v) is 5.48. The van der Waals surface area contributed by atoms with Gasteiger partial charge in [-0.25, -0.2) is 9.67 Å². The predicted octanol–water partition coefficient (Wildman–Crippen LogP) is 1.40. The molecule has 1 N–H and O–H groups in total. The highest BCUT2D eigenvalue weighted by molar-refractivity contribution is 7.84. The fourth-order valence-corrected chi connectivity index (χ4v) is 2.11. The SMILES string of the molecule is C[S@](=O)c1ncn(C[C@@H](O)c2cccc(Cl)c2)n1. The maximum atomic E-state index is 11.2. The molecule has 0 aliphatic rings. The van der Waals surface area contributed by atoms with Gasteiger partial charge in [-0.05, 0) is 17.7 Å². The lowest BCUT2D eigenvalue weighted by Gasteiger charge is -2.10. The smallest absolute Gasteiger partial charge is 0.238 e. The molecule has 5 nitrogen and oxygen atoms in total. The van der Waals surface area contributed by atoms with Crippen molar-refractivity contribution < 1.29 is 9.32 Å². The van der Waals surface area contributed by atoms with E-state index in [0.717, 1.165) is 0 Å². The van der Waals surface area contributed by atoms with Crippen LogP contribution >= 0.6 is 11.6 Å². The van der Waals surface area contributed by atoms with E-state index in [9.17, 15) is 9.32 Å². The highest BCUT2D eigenvalue weighted by atomic mass is 35.5. The fourth-order valence-electron chi connectivity index (χ4n) is 1.49. The van der Waals surface area contributed by atoms with E-state index in [4.69, 9.17) is 11.6 Å². The van der Waals surface area contributed by atoms with Crippen molar-refractivity contribution in [3.63, 3.8) is 0 Å². The Balaban J connectivity index is 2.11. The first-order chi connectivity index (χ1) is 8.56. The first-order valence-electron chi connectivity index (χ1n) is 5.22. The maximum absolute atomic E-state index is 11.2. The van der Waals surface area contributed by atoms with Crippen LogP contribution in [0.3, 0.4) is 0 Å². The number of hydrogen-bond donors (Lipinski definition) is 1. The highest BCUT2D eigenvalue weighted by Gasteiger charge is 2.11. The van der Waals surface area contributed by atoms with Crippen LogP contribution in [0.4, 0.5) is 0 Å². The van der Waals surface area contributed by atoms with Gasteiger partial charge < -0.3 is 5.11 Å². The molecule has 0 bridgehead atoms. The average molecular weight is 286 g/mol. The van der Waals surface area contributed by atoms with E-state index in [0.29, 0.717) is 10.6 Å². The third-order valence-electron chi connectivity index (χ3n) is 2.37. The van der Waals surface area contributed by atoms with Gasteiger partial charge in [0.25, 0.3) is 0 Å². The zero-order valence-corrected chi connectivity index (χ0v) is 11.2. The number of aliphatic hydroxyl groups is 1. The summed E-state index contributed by atoms with van der Waals surface area (Å²) in [6, 6.07) is 6.99. The molecule has 0 aliphatic heterocycles. The standard InChI is InChI=1S/C11H12ClN3O2S/c1-18(17)11-13-7-15(14-11)6-10(16)8-3-2-4-9(12)5-8/h2-5,7,10,16H,6H2,1H3/t10-,18+/m1/s1. The van der Waals surface area contributed by atoms with Crippen LogP contribution in [-0.2, 0) is 17.3 Å². The zero-order chi connectivity index (χ0) is 13.1. The summed E-state index contributed by atoms with van der Waals surface area (Å²) < 4.78 is 12.6. The van der Waals surface area contributed by atoms with E-state index >= 15 is 0 Å². The van der Waals surface area contributed by atoms with Gasteiger partial charge in [0.1, 0.15) is 6.33 Å². The molecule has 96 valence electrons. The summed E-state index contributed by atoms with van der Waals surface area (Å²) in [5, 5.41) is 14.9. The number of aliphatic hydroxyl groups excluding tert-OH is 1. The Morgan fingerprint density at radius 3 is 2.94 bits per heavy atom. The normalized spacial score (nSPS) is 14.4. The number of aromatic nitrogens is 3. The summed E-state index contributed by atoms with van der Waals surface area (Å²) in [6.07, 6.45) is 2.22. The van der Waals surface area contributed by atoms with Gasteiger partial charge in [0, 0.05) is 11.3 Å². The van der Waals surface area contributed by atoms with Gasteiger partial charge in [0.05, 0.1) is 23.4 Å². The van der Waals surface area contributed by atoms with Gasteiger partial charge in [-0.15, -0.1) is 5.10 Å². The Bertz CT molecular complexity index is 573. The van der Waals surface area contributed by atoms with Crippen LogP contribution in [0.15, 0.2) is 35.7 Å². The van der Waals surface area contributed by atoms with E-state index < -0.39 is 16.9 Å². The molecule has 1 heterocycles. The Morgan fingerprint density at radius 1 is 1.56 bits per heavy atom. The van der Waals surface area contributed by atoms with Crippen molar-refractivity contribution in [1.82, 2.24) is 14.8 Å². The molecular weight excluding hydrogens is 274 g/mol. The second kappa shape index (κ2) is 5.60. The molecular formula is C11H12ClN3O2S. The minimum atomic E-state index is -1.22. The van der Waals surface area contributed by atoms with E-state index in [1.807, 2.05) is 0 Å². The average Bonchev–Trinajstić information content (AvgIpc) is 2.77. The van der Waals surface area contributed by atoms with Gasteiger partial charge in [-0.2, -0.15) is 0 Å². The number of benzene rings is 1. The van der Waals surface area contributed by atoms with Crippen LogP contribution in [-0.4, -0.2) is 30.3 Å². The van der Waals surface area contributed by atoms with Crippen LogP contribution in [0.5, 0.6) is 0 Å². The largest absolute Gasteiger partial charge is 0.386 e. The van der Waals surface area contributed by atoms with Gasteiger partial charge in [-0.1, -0.05) is 23.7 Å². The number of rotatable bonds is 4. The maximum Gasteiger partial charge on any atom is 0.238 e. The molecule has 0 amide bonds. The number of hydrogen-bond acceptors (Lipinski definition) is 4. The Labute approximate surface area is 112 Å². The lowest BCUT2D eigenvalue weighted by atomic mass is 10.1. The molecule has 0 radical (unpaired) electrons. The second-order valence-electron chi connectivity index (χ2n) is 3.77. The fraction of sp³-hybridized carbons (Fsp3) is 0.273. The molecule has 0 saturated carbocycles.